The summed E-state index contributed by atoms with van der Waals surface area (Å²) in [5, 5.41) is 11.7. The molecule has 1 amide bonds. The van der Waals surface area contributed by atoms with Gasteiger partial charge in [0.2, 0.25) is 0 Å². The van der Waals surface area contributed by atoms with E-state index in [4.69, 9.17) is 10.00 Å². The Hall–Kier alpha value is -2.51. The molecule has 1 N–H and O–H groups in total. The van der Waals surface area contributed by atoms with Crippen molar-refractivity contribution in [2.45, 2.75) is 12.5 Å². The highest BCUT2D eigenvalue weighted by Crippen LogP contribution is 2.35. The van der Waals surface area contributed by atoms with Gasteiger partial charge in [-0.3, -0.25) is 9.10 Å². The third-order valence-corrected chi connectivity index (χ3v) is 6.72. The molecule has 0 radical (unpaired) electrons. The van der Waals surface area contributed by atoms with Gasteiger partial charge < -0.3 is 15.0 Å². The van der Waals surface area contributed by atoms with Crippen molar-refractivity contribution >= 4 is 27.5 Å². The van der Waals surface area contributed by atoms with E-state index in [1.54, 1.807) is 23.1 Å². The molecule has 0 bridgehead atoms. The lowest BCUT2D eigenvalue weighted by Crippen LogP contribution is -2.41. The van der Waals surface area contributed by atoms with E-state index in [-0.39, 0.29) is 18.6 Å². The lowest BCUT2D eigenvalue weighted by atomic mass is 10.2. The van der Waals surface area contributed by atoms with Crippen molar-refractivity contribution in [3.05, 3.63) is 18.2 Å². The molecule has 25 heavy (non-hydrogen) atoms. The van der Waals surface area contributed by atoms with Gasteiger partial charge in [0.05, 0.1) is 11.4 Å². The van der Waals surface area contributed by atoms with Gasteiger partial charge in [-0.2, -0.15) is 18.0 Å². The van der Waals surface area contributed by atoms with Gasteiger partial charge in [-0.15, -0.1) is 0 Å². The Morgan fingerprint density at radius 1 is 1.28 bits per heavy atom. The molecule has 10 heteroatoms. The fraction of sp³-hybridized carbons (Fsp3) is 0.467. The molecule has 9 nitrogen and oxygen atoms in total. The average Bonchev–Trinajstić information content (AvgIpc) is 3.17. The monoisotopic (exact) mass is 363 g/mol. The number of hydrogen-bond acceptors (Lipinski definition) is 6. The number of carbonyl (C=O) groups is 1. The molecule has 0 saturated carbocycles. The van der Waals surface area contributed by atoms with Crippen molar-refractivity contribution in [3.8, 4) is 11.9 Å². The highest BCUT2D eigenvalue weighted by molar-refractivity contribution is 7.90. The predicted molar refractivity (Wildman–Crippen MR) is 89.1 cm³/mol. The van der Waals surface area contributed by atoms with E-state index in [0.29, 0.717) is 49.7 Å². The molecule has 1 unspecified atom stereocenters. The number of hydrogen-bond donors (Lipinski definition) is 1. The van der Waals surface area contributed by atoms with Crippen LogP contribution in [0.5, 0.6) is 5.75 Å². The Kier molecular flexibility index (Phi) is 3.70. The Bertz CT molecular complexity index is 865. The number of rotatable bonds is 2. The molecule has 1 atom stereocenters. The van der Waals surface area contributed by atoms with Crippen LogP contribution in [0, 0.1) is 11.5 Å². The molecular weight excluding hydrogens is 346 g/mol. The first-order valence-corrected chi connectivity index (χ1v) is 9.39. The normalized spacial score (nSPS) is 25.2. The first-order chi connectivity index (χ1) is 12.0. The highest BCUT2D eigenvalue weighted by atomic mass is 32.2. The smallest absolute Gasteiger partial charge is 0.304 e. The molecule has 1 aromatic carbocycles. The van der Waals surface area contributed by atoms with Crippen LogP contribution in [-0.2, 0) is 15.0 Å². The quantitative estimate of drug-likeness (QED) is 0.738. The SMILES string of the molecule is N#CN1CCC(N2CCN(c3ccc4c(c3)OCC(=O)N4)S2(=O)=O)C1. The van der Waals surface area contributed by atoms with Gasteiger partial charge in [0.1, 0.15) is 5.75 Å². The maximum absolute atomic E-state index is 12.9. The number of amides is 1. The van der Waals surface area contributed by atoms with Crippen molar-refractivity contribution in [2.24, 2.45) is 0 Å². The van der Waals surface area contributed by atoms with E-state index in [2.05, 4.69) is 11.5 Å². The maximum Gasteiger partial charge on any atom is 0.304 e. The minimum Gasteiger partial charge on any atom is -0.482 e. The number of likely N-dealkylation sites (tertiary alicyclic amines) is 1. The number of anilines is 2. The molecule has 0 aliphatic carbocycles. The Balaban J connectivity index is 1.58. The van der Waals surface area contributed by atoms with Crippen LogP contribution in [-0.4, -0.2) is 62.4 Å². The summed E-state index contributed by atoms with van der Waals surface area (Å²) in [5.41, 5.74) is 1.04. The van der Waals surface area contributed by atoms with Gasteiger partial charge in [-0.1, -0.05) is 0 Å². The number of carbonyl (C=O) groups excluding carboxylic acids is 1. The van der Waals surface area contributed by atoms with Crippen molar-refractivity contribution in [2.75, 3.05) is 42.4 Å². The number of nitrogens with one attached hydrogen (secondary N) is 1. The first-order valence-electron chi connectivity index (χ1n) is 8.00. The molecule has 0 aromatic heterocycles. The second-order valence-corrected chi connectivity index (χ2v) is 8.00. The van der Waals surface area contributed by atoms with Crippen LogP contribution in [0.2, 0.25) is 0 Å². The Labute approximate surface area is 145 Å². The third-order valence-electron chi connectivity index (χ3n) is 4.70. The van der Waals surface area contributed by atoms with E-state index < -0.39 is 10.2 Å². The van der Waals surface area contributed by atoms with Crippen molar-refractivity contribution < 1.29 is 17.9 Å². The van der Waals surface area contributed by atoms with Crippen LogP contribution in [0.15, 0.2) is 18.2 Å². The van der Waals surface area contributed by atoms with E-state index in [1.165, 1.54) is 8.61 Å². The molecule has 3 heterocycles. The van der Waals surface area contributed by atoms with E-state index in [0.717, 1.165) is 0 Å². The van der Waals surface area contributed by atoms with Crippen molar-refractivity contribution in [1.29, 1.82) is 5.26 Å². The van der Waals surface area contributed by atoms with Gasteiger partial charge in [0, 0.05) is 38.3 Å². The minimum absolute atomic E-state index is 0.0819. The van der Waals surface area contributed by atoms with E-state index in [1.807, 2.05) is 0 Å². The minimum atomic E-state index is -3.65. The number of ether oxygens (including phenoxy) is 1. The second kappa shape index (κ2) is 5.79. The number of fused-ring (bicyclic) bond motifs is 1. The van der Waals surface area contributed by atoms with Crippen molar-refractivity contribution in [1.82, 2.24) is 9.21 Å². The van der Waals surface area contributed by atoms with Gasteiger partial charge in [0.15, 0.2) is 12.8 Å². The number of benzene rings is 1. The fourth-order valence-electron chi connectivity index (χ4n) is 3.47. The average molecular weight is 363 g/mol. The van der Waals surface area contributed by atoms with Crippen LogP contribution in [0.25, 0.3) is 0 Å². The lowest BCUT2D eigenvalue weighted by Gasteiger charge is -2.25. The van der Waals surface area contributed by atoms with Gasteiger partial charge in [-0.25, -0.2) is 0 Å². The van der Waals surface area contributed by atoms with Crippen LogP contribution >= 0.6 is 0 Å². The molecular formula is C15H17N5O4S. The van der Waals surface area contributed by atoms with Gasteiger partial charge in [0.25, 0.3) is 5.91 Å². The summed E-state index contributed by atoms with van der Waals surface area (Å²) in [6, 6.07) is 4.76. The van der Waals surface area contributed by atoms with Gasteiger partial charge >= 0.3 is 10.2 Å². The summed E-state index contributed by atoms with van der Waals surface area (Å²) in [4.78, 5) is 12.9. The topological polar surface area (TPSA) is 106 Å². The highest BCUT2D eigenvalue weighted by Gasteiger charge is 2.43. The maximum atomic E-state index is 12.9. The lowest BCUT2D eigenvalue weighted by molar-refractivity contribution is -0.118. The van der Waals surface area contributed by atoms with Crippen LogP contribution in [0.4, 0.5) is 11.4 Å². The Morgan fingerprint density at radius 2 is 2.12 bits per heavy atom. The fourth-order valence-corrected chi connectivity index (χ4v) is 5.27. The van der Waals surface area contributed by atoms with Crippen LogP contribution < -0.4 is 14.4 Å². The predicted octanol–water partition coefficient (Wildman–Crippen LogP) is -0.0603. The van der Waals surface area contributed by atoms with Crippen LogP contribution in [0.3, 0.4) is 0 Å². The molecule has 0 spiro atoms. The number of nitriles is 1. The summed E-state index contributed by atoms with van der Waals surface area (Å²) >= 11 is 0. The zero-order chi connectivity index (χ0) is 17.6. The zero-order valence-corrected chi connectivity index (χ0v) is 14.2. The first kappa shape index (κ1) is 16.0. The molecule has 3 aliphatic heterocycles. The van der Waals surface area contributed by atoms with E-state index in [9.17, 15) is 13.2 Å². The second-order valence-electron chi connectivity index (χ2n) is 6.20. The summed E-state index contributed by atoms with van der Waals surface area (Å²) in [6.45, 7) is 1.67. The largest absolute Gasteiger partial charge is 0.482 e. The third kappa shape index (κ3) is 2.65. The Morgan fingerprint density at radius 3 is 2.88 bits per heavy atom. The molecule has 132 valence electrons. The summed E-state index contributed by atoms with van der Waals surface area (Å²) in [5.74, 6) is 0.228. The molecule has 4 rings (SSSR count). The zero-order valence-electron chi connectivity index (χ0n) is 13.4. The summed E-state index contributed by atoms with van der Waals surface area (Å²) in [6.07, 6.45) is 2.73. The standard InChI is InChI=1S/C15H17N5O4S/c16-10-18-4-3-12(8-18)20-6-5-19(25(20,22)23)11-1-2-13-14(7-11)24-9-15(21)17-13/h1-2,7,12H,3-6,8-9H2,(H,17,21). The van der Waals surface area contributed by atoms with Gasteiger partial charge in [-0.05, 0) is 18.6 Å². The molecule has 2 saturated heterocycles. The van der Waals surface area contributed by atoms with Crippen molar-refractivity contribution in [3.63, 3.8) is 0 Å². The summed E-state index contributed by atoms with van der Waals surface area (Å²) in [7, 11) is -3.65. The molecule has 2 fully saturated rings. The summed E-state index contributed by atoms with van der Waals surface area (Å²) < 4.78 is 34.1. The number of nitrogens with zero attached hydrogens (tertiary/aromatic N) is 4. The van der Waals surface area contributed by atoms with Crippen LogP contribution in [0.1, 0.15) is 6.42 Å². The molecule has 1 aromatic rings. The molecule has 3 aliphatic rings. The van der Waals surface area contributed by atoms with E-state index >= 15 is 0 Å².